The fraction of sp³-hybridized carbons (Fsp3) is 0.462. The van der Waals surface area contributed by atoms with E-state index in [-0.39, 0.29) is 11.9 Å². The summed E-state index contributed by atoms with van der Waals surface area (Å²) in [5.41, 5.74) is 0. The van der Waals surface area contributed by atoms with Crippen molar-refractivity contribution in [1.82, 2.24) is 0 Å². The van der Waals surface area contributed by atoms with E-state index in [9.17, 15) is 4.79 Å². The lowest BCUT2D eigenvalue weighted by molar-refractivity contribution is -0.154. The van der Waals surface area contributed by atoms with Crippen LogP contribution in [0, 0.1) is 0 Å². The number of carbonyl (C=O) groups excluding carboxylic acids is 1. The highest BCUT2D eigenvalue weighted by molar-refractivity contribution is 9.11. The van der Waals surface area contributed by atoms with Gasteiger partial charge in [-0.05, 0) is 40.5 Å². The van der Waals surface area contributed by atoms with Crippen molar-refractivity contribution in [2.75, 3.05) is 6.61 Å². The Morgan fingerprint density at radius 3 is 2.78 bits per heavy atom. The number of rotatable bonds is 5. The minimum atomic E-state index is -0.402. The molecule has 1 aliphatic carbocycles. The average Bonchev–Trinajstić information content (AvgIpc) is 2.32. The molecule has 0 radical (unpaired) electrons. The molecule has 3 nitrogen and oxygen atoms in total. The van der Waals surface area contributed by atoms with Crippen LogP contribution in [0.4, 0.5) is 0 Å². The van der Waals surface area contributed by atoms with E-state index < -0.39 is 6.10 Å². The summed E-state index contributed by atoms with van der Waals surface area (Å²) in [6.45, 7) is 2.61. The van der Waals surface area contributed by atoms with Gasteiger partial charge < -0.3 is 9.47 Å². The van der Waals surface area contributed by atoms with Gasteiger partial charge in [0.15, 0.2) is 11.9 Å². The molecule has 0 bridgehead atoms. The largest absolute Gasteiger partial charge is 0.486 e. The Hall–Kier alpha value is -0.390. The van der Waals surface area contributed by atoms with Crippen LogP contribution in [0.3, 0.4) is 0 Å². The van der Waals surface area contributed by atoms with E-state index in [0.29, 0.717) is 13.0 Å². The SMILES string of the molecule is CCCOC1C(=O)CC1Oc1ccc(Br)cc1Br. The van der Waals surface area contributed by atoms with Crippen molar-refractivity contribution in [3.63, 3.8) is 0 Å². The van der Waals surface area contributed by atoms with Crippen molar-refractivity contribution < 1.29 is 14.3 Å². The summed E-state index contributed by atoms with van der Waals surface area (Å²) in [5, 5.41) is 0. The first-order chi connectivity index (χ1) is 8.61. The number of hydrogen-bond acceptors (Lipinski definition) is 3. The van der Waals surface area contributed by atoms with Crippen LogP contribution in [0.5, 0.6) is 5.75 Å². The number of hydrogen-bond donors (Lipinski definition) is 0. The summed E-state index contributed by atoms with van der Waals surface area (Å²) in [6, 6.07) is 5.69. The van der Waals surface area contributed by atoms with Crippen molar-refractivity contribution in [2.45, 2.75) is 32.0 Å². The molecule has 1 aliphatic rings. The molecule has 0 saturated heterocycles. The number of Topliss-reactive ketones (excluding diaryl/α,β-unsaturated/α-hetero) is 1. The summed E-state index contributed by atoms with van der Waals surface area (Å²) in [7, 11) is 0. The van der Waals surface area contributed by atoms with Crippen molar-refractivity contribution in [1.29, 1.82) is 0 Å². The molecule has 0 heterocycles. The van der Waals surface area contributed by atoms with Crippen LogP contribution < -0.4 is 4.74 Å². The minimum absolute atomic E-state index is 0.127. The molecule has 0 aliphatic heterocycles. The molecular weight excluding hydrogens is 364 g/mol. The molecule has 18 heavy (non-hydrogen) atoms. The summed E-state index contributed by atoms with van der Waals surface area (Å²) in [5.74, 6) is 0.863. The maximum atomic E-state index is 11.5. The first-order valence-electron chi connectivity index (χ1n) is 5.88. The summed E-state index contributed by atoms with van der Waals surface area (Å²) in [4.78, 5) is 11.5. The van der Waals surface area contributed by atoms with Gasteiger partial charge in [0.1, 0.15) is 11.9 Å². The average molecular weight is 378 g/mol. The molecule has 5 heteroatoms. The first-order valence-corrected chi connectivity index (χ1v) is 7.46. The molecule has 0 aromatic heterocycles. The lowest BCUT2D eigenvalue weighted by Crippen LogP contribution is -2.52. The zero-order chi connectivity index (χ0) is 13.1. The Kier molecular flexibility index (Phi) is 4.81. The molecule has 2 rings (SSSR count). The van der Waals surface area contributed by atoms with Crippen molar-refractivity contribution in [3.8, 4) is 5.75 Å². The van der Waals surface area contributed by atoms with Gasteiger partial charge >= 0.3 is 0 Å². The third-order valence-electron chi connectivity index (χ3n) is 2.73. The van der Waals surface area contributed by atoms with Gasteiger partial charge in [-0.15, -0.1) is 0 Å². The summed E-state index contributed by atoms with van der Waals surface area (Å²) < 4.78 is 13.1. The summed E-state index contributed by atoms with van der Waals surface area (Å²) in [6.07, 6.45) is 0.761. The Morgan fingerprint density at radius 2 is 2.17 bits per heavy atom. The Balaban J connectivity index is 1.99. The highest BCUT2D eigenvalue weighted by Gasteiger charge is 2.42. The number of halogens is 2. The second-order valence-corrected chi connectivity index (χ2v) is 5.96. The molecule has 1 aromatic carbocycles. The number of carbonyl (C=O) groups is 1. The van der Waals surface area contributed by atoms with E-state index >= 15 is 0 Å². The van der Waals surface area contributed by atoms with E-state index in [0.717, 1.165) is 21.1 Å². The van der Waals surface area contributed by atoms with Gasteiger partial charge in [-0.1, -0.05) is 22.9 Å². The van der Waals surface area contributed by atoms with Crippen LogP contribution in [-0.2, 0) is 9.53 Å². The van der Waals surface area contributed by atoms with Gasteiger partial charge in [-0.25, -0.2) is 0 Å². The van der Waals surface area contributed by atoms with Crippen LogP contribution in [0.2, 0.25) is 0 Å². The van der Waals surface area contributed by atoms with Crippen molar-refractivity contribution in [3.05, 3.63) is 27.1 Å². The lowest BCUT2D eigenvalue weighted by Gasteiger charge is -2.34. The topological polar surface area (TPSA) is 35.5 Å². The highest BCUT2D eigenvalue weighted by atomic mass is 79.9. The van der Waals surface area contributed by atoms with Crippen LogP contribution in [0.15, 0.2) is 27.1 Å². The quantitative estimate of drug-likeness (QED) is 0.784. The van der Waals surface area contributed by atoms with Gasteiger partial charge in [-0.2, -0.15) is 0 Å². The summed E-state index contributed by atoms with van der Waals surface area (Å²) >= 11 is 6.82. The fourth-order valence-corrected chi connectivity index (χ4v) is 2.89. The predicted octanol–water partition coefficient (Wildman–Crippen LogP) is 3.73. The number of benzene rings is 1. The van der Waals surface area contributed by atoms with E-state index in [1.165, 1.54) is 0 Å². The molecule has 2 atom stereocenters. The van der Waals surface area contributed by atoms with E-state index in [2.05, 4.69) is 31.9 Å². The van der Waals surface area contributed by atoms with Crippen LogP contribution in [-0.4, -0.2) is 24.6 Å². The fourth-order valence-electron chi connectivity index (χ4n) is 1.75. The smallest absolute Gasteiger partial charge is 0.169 e. The van der Waals surface area contributed by atoms with Gasteiger partial charge in [-0.3, -0.25) is 4.79 Å². The Bertz CT molecular complexity index is 448. The van der Waals surface area contributed by atoms with Crippen LogP contribution in [0.1, 0.15) is 19.8 Å². The monoisotopic (exact) mass is 376 g/mol. The first kappa shape index (κ1) is 14.0. The van der Waals surface area contributed by atoms with Crippen molar-refractivity contribution in [2.24, 2.45) is 0 Å². The molecule has 0 spiro atoms. The Morgan fingerprint density at radius 1 is 1.39 bits per heavy atom. The van der Waals surface area contributed by atoms with Gasteiger partial charge in [0, 0.05) is 17.5 Å². The van der Waals surface area contributed by atoms with Gasteiger partial charge in [0.2, 0.25) is 0 Å². The molecule has 98 valence electrons. The third kappa shape index (κ3) is 3.13. The highest BCUT2D eigenvalue weighted by Crippen LogP contribution is 2.32. The van der Waals surface area contributed by atoms with E-state index in [4.69, 9.17) is 9.47 Å². The molecule has 2 unspecified atom stereocenters. The van der Waals surface area contributed by atoms with E-state index in [1.807, 2.05) is 25.1 Å². The molecule has 0 amide bonds. The molecule has 0 N–H and O–H groups in total. The third-order valence-corrected chi connectivity index (χ3v) is 3.84. The predicted molar refractivity (Wildman–Crippen MR) is 75.9 cm³/mol. The van der Waals surface area contributed by atoms with Gasteiger partial charge in [0.05, 0.1) is 4.47 Å². The van der Waals surface area contributed by atoms with Crippen LogP contribution >= 0.6 is 31.9 Å². The zero-order valence-electron chi connectivity index (χ0n) is 9.99. The van der Waals surface area contributed by atoms with E-state index in [1.54, 1.807) is 0 Å². The second-order valence-electron chi connectivity index (χ2n) is 4.19. The zero-order valence-corrected chi connectivity index (χ0v) is 13.2. The second kappa shape index (κ2) is 6.17. The molecular formula is C13H14Br2O3. The van der Waals surface area contributed by atoms with Gasteiger partial charge in [0.25, 0.3) is 0 Å². The standard InChI is InChI=1S/C13H14Br2O3/c1-2-5-17-13-10(16)7-12(13)18-11-4-3-8(14)6-9(11)15/h3-4,6,12-13H,2,5,7H2,1H3. The maximum Gasteiger partial charge on any atom is 0.169 e. The lowest BCUT2D eigenvalue weighted by atomic mass is 9.90. The maximum absolute atomic E-state index is 11.5. The minimum Gasteiger partial charge on any atom is -0.486 e. The number of ketones is 1. The Labute approximate surface area is 123 Å². The van der Waals surface area contributed by atoms with Crippen LogP contribution in [0.25, 0.3) is 0 Å². The molecule has 1 fully saturated rings. The number of ether oxygens (including phenoxy) is 2. The molecule has 1 saturated carbocycles. The van der Waals surface area contributed by atoms with Crippen molar-refractivity contribution >= 4 is 37.6 Å². The molecule has 1 aromatic rings. The normalized spacial score (nSPS) is 22.7.